The fraction of sp³-hybridized carbons (Fsp3) is 0.676. The van der Waals surface area contributed by atoms with Crippen molar-refractivity contribution in [3.05, 3.63) is 57.6 Å². The zero-order chi connectivity index (χ0) is 39.9. The van der Waals surface area contributed by atoms with E-state index in [1.807, 2.05) is 38.1 Å². The largest absolute Gasteiger partial charge is 0.507 e. The van der Waals surface area contributed by atoms with Gasteiger partial charge in [-0.05, 0) is 33.4 Å². The van der Waals surface area contributed by atoms with Gasteiger partial charge in [-0.2, -0.15) is 0 Å². The zero-order valence-electron chi connectivity index (χ0n) is 31.3. The van der Waals surface area contributed by atoms with E-state index in [0.29, 0.717) is 24.2 Å². The van der Waals surface area contributed by atoms with Crippen LogP contribution < -0.4 is 16.0 Å². The molecule has 0 spiro atoms. The molecule has 0 bridgehead atoms. The Balaban J connectivity index is 1.57. The fourth-order valence-corrected chi connectivity index (χ4v) is 6.60. The molecule has 2 aromatic rings. The van der Waals surface area contributed by atoms with Gasteiger partial charge in [0, 0.05) is 87.7 Å². The predicted octanol–water partition coefficient (Wildman–Crippen LogP) is -3.94. The number of nitrogens with zero attached hydrogens (tertiary/aromatic N) is 2. The maximum Gasteiger partial charge on any atom is 0.124 e. The summed E-state index contributed by atoms with van der Waals surface area (Å²) in [4.78, 5) is 4.53. The number of phenols is 2. The van der Waals surface area contributed by atoms with Gasteiger partial charge in [0.05, 0.1) is 25.4 Å². The lowest BCUT2D eigenvalue weighted by Gasteiger charge is -2.29. The molecule has 8 unspecified atom stereocenters. The van der Waals surface area contributed by atoms with Crippen molar-refractivity contribution in [3.63, 3.8) is 0 Å². The number of rotatable bonds is 20. The lowest BCUT2D eigenvalue weighted by molar-refractivity contribution is -0.114. The molecule has 0 saturated carbocycles. The van der Waals surface area contributed by atoms with Crippen LogP contribution in [0, 0.1) is 13.8 Å². The molecule has 8 atom stereocenters. The van der Waals surface area contributed by atoms with Crippen molar-refractivity contribution in [2.45, 2.75) is 95.3 Å². The normalized spacial score (nSPS) is 19.8. The highest BCUT2D eigenvalue weighted by molar-refractivity contribution is 5.44. The summed E-state index contributed by atoms with van der Waals surface area (Å²) in [5, 5.41) is 129. The van der Waals surface area contributed by atoms with Gasteiger partial charge < -0.3 is 77.2 Å². The molecule has 1 saturated heterocycles. The van der Waals surface area contributed by atoms with Gasteiger partial charge in [-0.15, -0.1) is 0 Å². The lowest BCUT2D eigenvalue weighted by Crippen LogP contribution is -2.48. The van der Waals surface area contributed by atoms with Crippen molar-refractivity contribution in [3.8, 4) is 11.5 Å². The molecule has 1 fully saturated rings. The Labute approximate surface area is 316 Å². The van der Waals surface area contributed by atoms with Gasteiger partial charge >= 0.3 is 0 Å². The first-order valence-electron chi connectivity index (χ1n) is 18.5. The third-order valence-electron chi connectivity index (χ3n) is 9.76. The van der Waals surface area contributed by atoms with Crippen LogP contribution in [0.2, 0.25) is 0 Å². The molecular formula is C37H63N5O12. The summed E-state index contributed by atoms with van der Waals surface area (Å²) in [7, 11) is 0. The monoisotopic (exact) mass is 769 g/mol. The number of phenolic OH excluding ortho intramolecular Hbond substituents is 2. The molecular weight excluding hydrogens is 706 g/mol. The minimum absolute atomic E-state index is 0.120. The van der Waals surface area contributed by atoms with Crippen LogP contribution >= 0.6 is 0 Å². The van der Waals surface area contributed by atoms with E-state index < -0.39 is 62.0 Å². The zero-order valence-corrected chi connectivity index (χ0v) is 31.3. The summed E-state index contributed by atoms with van der Waals surface area (Å²) >= 11 is 0. The Kier molecular flexibility index (Phi) is 19.4. The smallest absolute Gasteiger partial charge is 0.124 e. The molecule has 17 heteroatoms. The van der Waals surface area contributed by atoms with Crippen molar-refractivity contribution >= 4 is 0 Å². The maximum atomic E-state index is 11.2. The maximum absolute atomic E-state index is 11.2. The first-order valence-corrected chi connectivity index (χ1v) is 18.5. The Morgan fingerprint density at radius 3 is 1.28 bits per heavy atom. The summed E-state index contributed by atoms with van der Waals surface area (Å²) in [5.74, 6) is 0.240. The molecule has 54 heavy (non-hydrogen) atoms. The van der Waals surface area contributed by atoms with E-state index in [-0.39, 0.29) is 37.7 Å². The van der Waals surface area contributed by atoms with Crippen LogP contribution in [0.5, 0.6) is 11.5 Å². The molecule has 1 heterocycles. The summed E-state index contributed by atoms with van der Waals surface area (Å²) in [5.41, 5.74) is 4.57. The Morgan fingerprint density at radius 1 is 0.556 bits per heavy atom. The van der Waals surface area contributed by atoms with Gasteiger partial charge in [-0.1, -0.05) is 35.4 Å². The van der Waals surface area contributed by atoms with Crippen molar-refractivity contribution in [2.75, 3.05) is 65.6 Å². The molecule has 308 valence electrons. The molecule has 0 aliphatic carbocycles. The summed E-state index contributed by atoms with van der Waals surface area (Å²) in [6.07, 6.45) is -12.0. The van der Waals surface area contributed by atoms with Crippen LogP contribution in [0.1, 0.15) is 39.8 Å². The number of aromatic hydroxyl groups is 2. The summed E-state index contributed by atoms with van der Waals surface area (Å²) in [6.45, 7) is 7.87. The van der Waals surface area contributed by atoms with Gasteiger partial charge in [-0.3, -0.25) is 9.80 Å². The Bertz CT molecular complexity index is 1310. The number of hydrogen-bond donors (Lipinski definition) is 15. The van der Waals surface area contributed by atoms with E-state index >= 15 is 0 Å². The number of hydrogen-bond acceptors (Lipinski definition) is 17. The summed E-state index contributed by atoms with van der Waals surface area (Å²) < 4.78 is 0. The number of aliphatic hydroxyl groups is 10. The first-order chi connectivity index (χ1) is 25.7. The van der Waals surface area contributed by atoms with E-state index in [2.05, 4.69) is 25.8 Å². The molecule has 0 aromatic heterocycles. The van der Waals surface area contributed by atoms with Crippen LogP contribution in [-0.2, 0) is 26.2 Å². The van der Waals surface area contributed by atoms with Crippen molar-refractivity contribution in [1.29, 1.82) is 0 Å². The quantitative estimate of drug-likeness (QED) is 0.0612. The molecule has 1 aliphatic rings. The predicted molar refractivity (Wildman–Crippen MR) is 199 cm³/mol. The van der Waals surface area contributed by atoms with Gasteiger partial charge in [0.1, 0.15) is 48.1 Å². The fourth-order valence-electron chi connectivity index (χ4n) is 6.60. The Morgan fingerprint density at radius 2 is 0.907 bits per heavy atom. The van der Waals surface area contributed by atoms with E-state index in [1.54, 1.807) is 0 Å². The van der Waals surface area contributed by atoms with E-state index in [0.717, 1.165) is 67.9 Å². The second kappa shape index (κ2) is 22.9. The van der Waals surface area contributed by atoms with Gasteiger partial charge in [0.25, 0.3) is 0 Å². The molecule has 2 aromatic carbocycles. The third kappa shape index (κ3) is 13.9. The molecule has 0 amide bonds. The van der Waals surface area contributed by atoms with Crippen LogP contribution in [0.25, 0.3) is 0 Å². The number of aryl methyl sites for hydroxylation is 2. The average molecular weight is 770 g/mol. The van der Waals surface area contributed by atoms with Crippen LogP contribution in [0.4, 0.5) is 0 Å². The number of aliphatic hydroxyl groups excluding tert-OH is 10. The van der Waals surface area contributed by atoms with E-state index in [9.17, 15) is 51.1 Å². The van der Waals surface area contributed by atoms with Crippen molar-refractivity contribution in [2.24, 2.45) is 0 Å². The third-order valence-corrected chi connectivity index (χ3v) is 9.76. The molecule has 15 N–H and O–H groups in total. The number of benzene rings is 2. The summed E-state index contributed by atoms with van der Waals surface area (Å²) in [6, 6.07) is 7.53. The topological polar surface area (TPSA) is 285 Å². The van der Waals surface area contributed by atoms with Gasteiger partial charge in [-0.25, -0.2) is 0 Å². The number of nitrogens with one attached hydrogen (secondary N) is 3. The second-order valence-electron chi connectivity index (χ2n) is 14.4. The standard InChI is InChI=1S/C37H63N5O12/c1-22-10-24(14-39-16-28(45)34(51)36(53)30(47)20-43)32(49)26(12-22)18-41-6-3-7-42(9-5-38-4-8-41)19-27-13-23(2)11-25(33(27)50)15-40-17-29(46)35(52)37(54)31(48)21-44/h10-13,28-31,34-40,43-54H,3-9,14-21H2,1-2H3. The molecule has 1 aliphatic heterocycles. The minimum Gasteiger partial charge on any atom is -0.507 e. The minimum atomic E-state index is -1.72. The highest BCUT2D eigenvalue weighted by atomic mass is 16.4. The average Bonchev–Trinajstić information content (AvgIpc) is 3.15. The first kappa shape index (κ1) is 45.8. The van der Waals surface area contributed by atoms with Gasteiger partial charge in [0.15, 0.2) is 0 Å². The van der Waals surface area contributed by atoms with Crippen LogP contribution in [-0.4, -0.2) is 185 Å². The SMILES string of the molecule is Cc1cc(CNCC(O)C(O)C(O)C(O)CO)c(O)c(CN2CCCN(Cc3cc(C)cc(CNCC(O)C(O)C(O)C(O)CO)c3O)CCNCC2)c1. The van der Waals surface area contributed by atoms with Crippen LogP contribution in [0.3, 0.4) is 0 Å². The second-order valence-corrected chi connectivity index (χ2v) is 14.4. The van der Waals surface area contributed by atoms with Gasteiger partial charge in [0.2, 0.25) is 0 Å². The van der Waals surface area contributed by atoms with Crippen LogP contribution in [0.15, 0.2) is 24.3 Å². The lowest BCUT2D eigenvalue weighted by atomic mass is 10.0. The molecule has 17 nitrogen and oxygen atoms in total. The van der Waals surface area contributed by atoms with Crippen molar-refractivity contribution < 1.29 is 61.3 Å². The Hall–Kier alpha value is -2.56. The highest BCUT2D eigenvalue weighted by Gasteiger charge is 2.31. The van der Waals surface area contributed by atoms with Crippen molar-refractivity contribution in [1.82, 2.24) is 25.8 Å². The highest BCUT2D eigenvalue weighted by Crippen LogP contribution is 2.28. The van der Waals surface area contributed by atoms with E-state index in [4.69, 9.17) is 10.2 Å². The van der Waals surface area contributed by atoms with E-state index in [1.165, 1.54) is 0 Å². The molecule has 0 radical (unpaired) electrons. The molecule has 3 rings (SSSR count).